The van der Waals surface area contributed by atoms with E-state index in [2.05, 4.69) is 15.6 Å². The Hall–Kier alpha value is -1.22. The quantitative estimate of drug-likeness (QED) is 0.626. The van der Waals surface area contributed by atoms with Gasteiger partial charge in [-0.15, -0.1) is 0 Å². The SMILES string of the molecule is CCNC(=NCc1ccccc1Cl)NCC. The number of nitrogens with zero attached hydrogens (tertiary/aromatic N) is 1. The molecular formula is C12H18ClN3. The molecule has 16 heavy (non-hydrogen) atoms. The number of guanidine groups is 1. The molecule has 0 aliphatic carbocycles. The number of benzene rings is 1. The van der Waals surface area contributed by atoms with Gasteiger partial charge in [-0.2, -0.15) is 0 Å². The molecule has 3 nitrogen and oxygen atoms in total. The Labute approximate surface area is 102 Å². The van der Waals surface area contributed by atoms with Crippen molar-refractivity contribution >= 4 is 17.6 Å². The van der Waals surface area contributed by atoms with Crippen LogP contribution in [0.5, 0.6) is 0 Å². The zero-order chi connectivity index (χ0) is 11.8. The summed E-state index contributed by atoms with van der Waals surface area (Å²) in [5.74, 6) is 0.824. The molecule has 0 aliphatic rings. The molecule has 0 aliphatic heterocycles. The van der Waals surface area contributed by atoms with Crippen LogP contribution < -0.4 is 10.6 Å². The highest BCUT2D eigenvalue weighted by Gasteiger charge is 1.98. The van der Waals surface area contributed by atoms with E-state index in [4.69, 9.17) is 11.6 Å². The van der Waals surface area contributed by atoms with Gasteiger partial charge in [0, 0.05) is 18.1 Å². The van der Waals surface area contributed by atoms with Gasteiger partial charge in [-0.3, -0.25) is 0 Å². The van der Waals surface area contributed by atoms with Crippen molar-refractivity contribution in [2.45, 2.75) is 20.4 Å². The summed E-state index contributed by atoms with van der Waals surface area (Å²) in [6.45, 7) is 6.39. The number of aliphatic imine (C=N–C) groups is 1. The van der Waals surface area contributed by atoms with Gasteiger partial charge in [0.05, 0.1) is 6.54 Å². The van der Waals surface area contributed by atoms with E-state index in [0.717, 1.165) is 29.6 Å². The molecule has 1 aromatic rings. The van der Waals surface area contributed by atoms with Gasteiger partial charge in [-0.1, -0.05) is 29.8 Å². The van der Waals surface area contributed by atoms with Crippen molar-refractivity contribution in [3.63, 3.8) is 0 Å². The lowest BCUT2D eigenvalue weighted by Gasteiger charge is -2.09. The number of hydrogen-bond acceptors (Lipinski definition) is 1. The maximum Gasteiger partial charge on any atom is 0.191 e. The maximum absolute atomic E-state index is 6.05. The highest BCUT2D eigenvalue weighted by Crippen LogP contribution is 2.15. The molecule has 2 N–H and O–H groups in total. The van der Waals surface area contributed by atoms with Crippen molar-refractivity contribution in [3.8, 4) is 0 Å². The largest absolute Gasteiger partial charge is 0.357 e. The van der Waals surface area contributed by atoms with Crippen LogP contribution in [0.1, 0.15) is 19.4 Å². The first-order valence-corrected chi connectivity index (χ1v) is 5.91. The van der Waals surface area contributed by atoms with Crippen molar-refractivity contribution in [3.05, 3.63) is 34.9 Å². The lowest BCUT2D eigenvalue weighted by Crippen LogP contribution is -2.36. The van der Waals surface area contributed by atoms with Crippen LogP contribution in [0.2, 0.25) is 5.02 Å². The molecule has 1 aromatic carbocycles. The highest BCUT2D eigenvalue weighted by atomic mass is 35.5. The van der Waals surface area contributed by atoms with Crippen molar-refractivity contribution in [2.75, 3.05) is 13.1 Å². The summed E-state index contributed by atoms with van der Waals surface area (Å²) in [5.41, 5.74) is 1.04. The minimum atomic E-state index is 0.592. The monoisotopic (exact) mass is 239 g/mol. The van der Waals surface area contributed by atoms with Crippen molar-refractivity contribution in [1.29, 1.82) is 0 Å². The van der Waals surface area contributed by atoms with Crippen molar-refractivity contribution < 1.29 is 0 Å². The summed E-state index contributed by atoms with van der Waals surface area (Å²) >= 11 is 6.05. The van der Waals surface area contributed by atoms with Gasteiger partial charge in [0.1, 0.15) is 0 Å². The summed E-state index contributed by atoms with van der Waals surface area (Å²) < 4.78 is 0. The van der Waals surface area contributed by atoms with Crippen LogP contribution in [-0.4, -0.2) is 19.0 Å². The van der Waals surface area contributed by atoms with E-state index in [1.807, 2.05) is 38.1 Å². The molecule has 0 saturated carbocycles. The first-order valence-electron chi connectivity index (χ1n) is 5.53. The molecule has 0 bridgehead atoms. The zero-order valence-electron chi connectivity index (χ0n) is 9.76. The number of nitrogens with one attached hydrogen (secondary N) is 2. The van der Waals surface area contributed by atoms with Gasteiger partial charge in [0.25, 0.3) is 0 Å². The Morgan fingerprint density at radius 2 is 1.81 bits per heavy atom. The summed E-state index contributed by atoms with van der Waals surface area (Å²) in [6, 6.07) is 7.76. The fourth-order valence-corrected chi connectivity index (χ4v) is 1.50. The second-order valence-corrected chi connectivity index (χ2v) is 3.72. The Balaban J connectivity index is 2.65. The van der Waals surface area contributed by atoms with Gasteiger partial charge in [-0.05, 0) is 25.5 Å². The van der Waals surface area contributed by atoms with E-state index in [9.17, 15) is 0 Å². The van der Waals surface area contributed by atoms with Gasteiger partial charge >= 0.3 is 0 Å². The van der Waals surface area contributed by atoms with Gasteiger partial charge < -0.3 is 10.6 Å². The third kappa shape index (κ3) is 4.11. The third-order valence-electron chi connectivity index (χ3n) is 2.05. The first-order chi connectivity index (χ1) is 7.77. The van der Waals surface area contributed by atoms with Crippen LogP contribution in [0.15, 0.2) is 29.3 Å². The summed E-state index contributed by atoms with van der Waals surface area (Å²) in [5, 5.41) is 7.10. The highest BCUT2D eigenvalue weighted by molar-refractivity contribution is 6.31. The smallest absolute Gasteiger partial charge is 0.191 e. The van der Waals surface area contributed by atoms with Crippen LogP contribution in [-0.2, 0) is 6.54 Å². The number of halogens is 1. The predicted molar refractivity (Wildman–Crippen MR) is 69.9 cm³/mol. The molecule has 0 spiro atoms. The molecule has 1 rings (SSSR count). The van der Waals surface area contributed by atoms with Crippen LogP contribution >= 0.6 is 11.6 Å². The van der Waals surface area contributed by atoms with E-state index in [-0.39, 0.29) is 0 Å². The van der Waals surface area contributed by atoms with E-state index >= 15 is 0 Å². The van der Waals surface area contributed by atoms with Crippen LogP contribution in [0.3, 0.4) is 0 Å². The fourth-order valence-electron chi connectivity index (χ4n) is 1.30. The normalized spacial score (nSPS) is 9.69. The van der Waals surface area contributed by atoms with E-state index in [1.165, 1.54) is 0 Å². The van der Waals surface area contributed by atoms with Crippen molar-refractivity contribution in [1.82, 2.24) is 10.6 Å². The third-order valence-corrected chi connectivity index (χ3v) is 2.42. The first kappa shape index (κ1) is 12.8. The molecule has 0 unspecified atom stereocenters. The second kappa shape index (κ2) is 7.12. The molecule has 0 aromatic heterocycles. The topological polar surface area (TPSA) is 36.4 Å². The molecule has 4 heteroatoms. The molecule has 0 radical (unpaired) electrons. The van der Waals surface area contributed by atoms with Gasteiger partial charge in [-0.25, -0.2) is 4.99 Å². The lowest BCUT2D eigenvalue weighted by molar-refractivity contribution is 0.839. The van der Waals surface area contributed by atoms with Gasteiger partial charge in [0.15, 0.2) is 5.96 Å². The Bertz CT molecular complexity index is 342. The molecule has 88 valence electrons. The maximum atomic E-state index is 6.05. The number of rotatable bonds is 4. The minimum absolute atomic E-state index is 0.592. The van der Waals surface area contributed by atoms with E-state index in [1.54, 1.807) is 0 Å². The summed E-state index contributed by atoms with van der Waals surface area (Å²) in [4.78, 5) is 4.44. The molecule has 0 fully saturated rings. The average Bonchev–Trinajstić information content (AvgIpc) is 2.28. The second-order valence-electron chi connectivity index (χ2n) is 3.32. The average molecular weight is 240 g/mol. The summed E-state index contributed by atoms with van der Waals surface area (Å²) in [6.07, 6.45) is 0. The van der Waals surface area contributed by atoms with Gasteiger partial charge in [0.2, 0.25) is 0 Å². The van der Waals surface area contributed by atoms with E-state index < -0.39 is 0 Å². The molecular weight excluding hydrogens is 222 g/mol. The van der Waals surface area contributed by atoms with Crippen LogP contribution in [0, 0.1) is 0 Å². The fraction of sp³-hybridized carbons (Fsp3) is 0.417. The predicted octanol–water partition coefficient (Wildman–Crippen LogP) is 2.42. The molecule has 0 saturated heterocycles. The van der Waals surface area contributed by atoms with Crippen LogP contribution in [0.25, 0.3) is 0 Å². The van der Waals surface area contributed by atoms with E-state index in [0.29, 0.717) is 6.54 Å². The lowest BCUT2D eigenvalue weighted by atomic mass is 10.2. The van der Waals surface area contributed by atoms with Crippen LogP contribution in [0.4, 0.5) is 0 Å². The summed E-state index contributed by atoms with van der Waals surface area (Å²) in [7, 11) is 0. The molecule has 0 atom stereocenters. The van der Waals surface area contributed by atoms with Crippen molar-refractivity contribution in [2.24, 2.45) is 4.99 Å². The Kier molecular flexibility index (Phi) is 5.72. The molecule has 0 heterocycles. The Morgan fingerprint density at radius 3 is 2.38 bits per heavy atom. The number of hydrogen-bond donors (Lipinski definition) is 2. The standard InChI is InChI=1S/C12H18ClN3/c1-3-14-12(15-4-2)16-9-10-7-5-6-8-11(10)13/h5-8H,3-4,9H2,1-2H3,(H2,14,15,16). The zero-order valence-corrected chi connectivity index (χ0v) is 10.5. The Morgan fingerprint density at radius 1 is 1.19 bits per heavy atom. The molecule has 0 amide bonds. The minimum Gasteiger partial charge on any atom is -0.357 e.